The molecular weight excluding hydrogens is 322 g/mol. The van der Waals surface area contributed by atoms with Gasteiger partial charge in [0.2, 0.25) is 5.91 Å². The molecule has 1 heterocycles. The van der Waals surface area contributed by atoms with Gasteiger partial charge in [-0.15, -0.1) is 0 Å². The van der Waals surface area contributed by atoms with Crippen molar-refractivity contribution in [2.24, 2.45) is 0 Å². The number of carbonyl (C=O) groups is 2. The van der Waals surface area contributed by atoms with Crippen LogP contribution in [0.25, 0.3) is 6.08 Å². The van der Waals surface area contributed by atoms with Crippen molar-refractivity contribution >= 4 is 17.9 Å². The molecule has 0 aliphatic carbocycles. The first-order valence-corrected chi connectivity index (χ1v) is 7.57. The number of carbonyl (C=O) groups excluding carboxylic acids is 2. The summed E-state index contributed by atoms with van der Waals surface area (Å²) >= 11 is 0. The van der Waals surface area contributed by atoms with Crippen LogP contribution in [-0.2, 0) is 21.0 Å². The van der Waals surface area contributed by atoms with Crippen LogP contribution < -0.4 is 15.5 Å². The first-order chi connectivity index (χ1) is 12.2. The lowest BCUT2D eigenvalue weighted by molar-refractivity contribution is -0.133. The smallest absolute Gasteiger partial charge is 0.281 e. The van der Waals surface area contributed by atoms with Crippen LogP contribution in [0.5, 0.6) is 5.75 Å². The van der Waals surface area contributed by atoms with Crippen molar-refractivity contribution in [2.75, 3.05) is 13.7 Å². The molecule has 130 valence electrons. The fourth-order valence-corrected chi connectivity index (χ4v) is 1.89. The number of hydrogen-bond donors (Lipinski definition) is 2. The zero-order chi connectivity index (χ0) is 17.9. The molecule has 0 radical (unpaired) electrons. The Bertz CT molecular complexity index is 715. The van der Waals surface area contributed by atoms with Gasteiger partial charge in [-0.25, -0.2) is 5.48 Å². The summed E-state index contributed by atoms with van der Waals surface area (Å²) in [5.74, 6) is -0.0263. The highest BCUT2D eigenvalue weighted by atomic mass is 16.6. The van der Waals surface area contributed by atoms with E-state index in [1.165, 1.54) is 13.2 Å². The van der Waals surface area contributed by atoms with Crippen molar-refractivity contribution in [3.05, 3.63) is 66.0 Å². The van der Waals surface area contributed by atoms with Crippen LogP contribution in [-0.4, -0.2) is 30.5 Å². The van der Waals surface area contributed by atoms with Gasteiger partial charge in [-0.3, -0.25) is 19.4 Å². The van der Waals surface area contributed by atoms with E-state index >= 15 is 0 Å². The molecule has 0 saturated heterocycles. The highest BCUT2D eigenvalue weighted by molar-refractivity contribution is 5.91. The van der Waals surface area contributed by atoms with E-state index in [-0.39, 0.29) is 18.4 Å². The molecule has 1 aromatic carbocycles. The van der Waals surface area contributed by atoms with Crippen molar-refractivity contribution in [3.8, 4) is 5.75 Å². The summed E-state index contributed by atoms with van der Waals surface area (Å²) in [6, 6.07) is 10.7. The van der Waals surface area contributed by atoms with Gasteiger partial charge in [-0.2, -0.15) is 0 Å². The zero-order valence-corrected chi connectivity index (χ0v) is 13.8. The topological polar surface area (TPSA) is 89.5 Å². The fraction of sp³-hybridized carbons (Fsp3) is 0.167. The molecule has 0 spiro atoms. The molecule has 0 saturated carbocycles. The maximum Gasteiger partial charge on any atom is 0.281 e. The summed E-state index contributed by atoms with van der Waals surface area (Å²) in [7, 11) is 1.35. The molecule has 0 aliphatic heterocycles. The lowest BCUT2D eigenvalue weighted by Crippen LogP contribution is -2.27. The number of ether oxygens (including phenoxy) is 1. The molecule has 0 aliphatic rings. The first kappa shape index (κ1) is 18.2. The first-order valence-electron chi connectivity index (χ1n) is 7.57. The van der Waals surface area contributed by atoms with Gasteiger partial charge in [0.25, 0.3) is 5.91 Å². The number of rotatable bonds is 8. The molecule has 2 N–H and O–H groups in total. The second kappa shape index (κ2) is 9.84. The van der Waals surface area contributed by atoms with Gasteiger partial charge in [-0.05, 0) is 35.4 Å². The van der Waals surface area contributed by atoms with E-state index < -0.39 is 0 Å². The SMILES string of the molecule is CONC(=O)COc1ccc(C=CC(=O)NCc2cccnc2)cc1. The third-order valence-corrected chi connectivity index (χ3v) is 3.08. The molecule has 7 nitrogen and oxygen atoms in total. The van der Waals surface area contributed by atoms with Gasteiger partial charge in [-0.1, -0.05) is 18.2 Å². The van der Waals surface area contributed by atoms with Crippen LogP contribution in [0.2, 0.25) is 0 Å². The molecule has 25 heavy (non-hydrogen) atoms. The fourth-order valence-electron chi connectivity index (χ4n) is 1.89. The van der Waals surface area contributed by atoms with Gasteiger partial charge in [0, 0.05) is 25.0 Å². The Hall–Kier alpha value is -3.19. The number of amides is 2. The Morgan fingerprint density at radius 1 is 1.20 bits per heavy atom. The maximum absolute atomic E-state index is 11.8. The molecular formula is C18H19N3O4. The minimum absolute atomic E-state index is 0.139. The van der Waals surface area contributed by atoms with Crippen LogP contribution in [0.4, 0.5) is 0 Å². The van der Waals surface area contributed by atoms with E-state index in [4.69, 9.17) is 4.74 Å². The van der Waals surface area contributed by atoms with Gasteiger partial charge < -0.3 is 10.1 Å². The number of nitrogens with one attached hydrogen (secondary N) is 2. The zero-order valence-electron chi connectivity index (χ0n) is 13.8. The second-order valence-electron chi connectivity index (χ2n) is 5.00. The number of hydroxylamine groups is 1. The summed E-state index contributed by atoms with van der Waals surface area (Å²) in [5, 5.41) is 2.78. The van der Waals surface area contributed by atoms with Crippen molar-refractivity contribution in [1.29, 1.82) is 0 Å². The predicted molar refractivity (Wildman–Crippen MR) is 92.2 cm³/mol. The Kier molecular flexibility index (Phi) is 7.14. The van der Waals surface area contributed by atoms with Crippen LogP contribution in [0, 0.1) is 0 Å². The third-order valence-electron chi connectivity index (χ3n) is 3.08. The summed E-state index contributed by atoms with van der Waals surface area (Å²) in [4.78, 5) is 31.5. The highest BCUT2D eigenvalue weighted by Gasteiger charge is 2.01. The van der Waals surface area contributed by atoms with Crippen molar-refractivity contribution < 1.29 is 19.2 Å². The Morgan fingerprint density at radius 2 is 2.00 bits per heavy atom. The van der Waals surface area contributed by atoms with Gasteiger partial charge >= 0.3 is 0 Å². The molecule has 2 aromatic rings. The van der Waals surface area contributed by atoms with Gasteiger partial charge in [0.15, 0.2) is 6.61 Å². The summed E-state index contributed by atoms with van der Waals surface area (Å²) in [6.07, 6.45) is 6.54. The summed E-state index contributed by atoms with van der Waals surface area (Å²) in [6.45, 7) is 0.285. The van der Waals surface area contributed by atoms with Crippen LogP contribution in [0.3, 0.4) is 0 Å². The molecule has 2 rings (SSSR count). The molecule has 0 unspecified atom stereocenters. The Morgan fingerprint density at radius 3 is 2.68 bits per heavy atom. The molecule has 0 bridgehead atoms. The average Bonchev–Trinajstić information content (AvgIpc) is 2.65. The predicted octanol–water partition coefficient (Wildman–Crippen LogP) is 1.47. The lowest BCUT2D eigenvalue weighted by atomic mass is 10.2. The van der Waals surface area contributed by atoms with Gasteiger partial charge in [0.05, 0.1) is 7.11 Å². The largest absolute Gasteiger partial charge is 0.484 e. The van der Waals surface area contributed by atoms with E-state index in [9.17, 15) is 9.59 Å². The summed E-state index contributed by atoms with van der Waals surface area (Å²) < 4.78 is 5.29. The second-order valence-corrected chi connectivity index (χ2v) is 5.00. The highest BCUT2D eigenvalue weighted by Crippen LogP contribution is 2.13. The van der Waals surface area contributed by atoms with Crippen LogP contribution >= 0.6 is 0 Å². The van der Waals surface area contributed by atoms with E-state index in [1.54, 1.807) is 42.7 Å². The number of benzene rings is 1. The normalized spacial score (nSPS) is 10.4. The number of nitrogens with zero attached hydrogens (tertiary/aromatic N) is 1. The molecule has 1 aromatic heterocycles. The molecule has 2 amide bonds. The van der Waals surface area contributed by atoms with E-state index in [0.29, 0.717) is 12.3 Å². The van der Waals surface area contributed by atoms with E-state index in [1.807, 2.05) is 12.1 Å². The molecule has 0 fully saturated rings. The van der Waals surface area contributed by atoms with Crippen molar-refractivity contribution in [3.63, 3.8) is 0 Å². The third kappa shape index (κ3) is 6.84. The number of aromatic nitrogens is 1. The Balaban J connectivity index is 1.78. The minimum Gasteiger partial charge on any atom is -0.484 e. The van der Waals surface area contributed by atoms with E-state index in [2.05, 4.69) is 20.6 Å². The standard InChI is InChI=1S/C18H19N3O4/c1-24-21-18(23)13-25-16-7-4-14(5-8-16)6-9-17(22)20-12-15-3-2-10-19-11-15/h2-11H,12-13H2,1H3,(H,20,22)(H,21,23). The summed E-state index contributed by atoms with van der Waals surface area (Å²) in [5.41, 5.74) is 3.93. The van der Waals surface area contributed by atoms with Gasteiger partial charge in [0.1, 0.15) is 5.75 Å². The quantitative estimate of drug-likeness (QED) is 0.561. The number of pyridine rings is 1. The monoisotopic (exact) mass is 341 g/mol. The van der Waals surface area contributed by atoms with Crippen molar-refractivity contribution in [1.82, 2.24) is 15.8 Å². The van der Waals surface area contributed by atoms with Crippen LogP contribution in [0.1, 0.15) is 11.1 Å². The van der Waals surface area contributed by atoms with Crippen LogP contribution in [0.15, 0.2) is 54.9 Å². The average molecular weight is 341 g/mol. The lowest BCUT2D eigenvalue weighted by Gasteiger charge is -2.06. The number of hydrogen-bond acceptors (Lipinski definition) is 5. The molecule has 0 atom stereocenters. The minimum atomic E-state index is -0.378. The maximum atomic E-state index is 11.8. The van der Waals surface area contributed by atoms with Crippen molar-refractivity contribution in [2.45, 2.75) is 6.54 Å². The Labute approximate surface area is 145 Å². The molecule has 7 heteroatoms. The van der Waals surface area contributed by atoms with E-state index in [0.717, 1.165) is 11.1 Å².